The first-order valence-electron chi connectivity index (χ1n) is 17.4. The van der Waals surface area contributed by atoms with Crippen LogP contribution in [0.2, 0.25) is 130 Å². The molecule has 0 bridgehead atoms. The average molecular weight is 810 g/mol. The van der Waals surface area contributed by atoms with Gasteiger partial charge in [-0.05, 0) is 131 Å². The van der Waals surface area contributed by atoms with Crippen LogP contribution in [0.15, 0.2) is 0 Å². The maximum atomic E-state index is 10.3. The highest BCUT2D eigenvalue weighted by Crippen LogP contribution is 2.32. The van der Waals surface area contributed by atoms with E-state index >= 15 is 0 Å². The second-order valence-electron chi connectivity index (χ2n) is 18.8. The van der Waals surface area contributed by atoms with Gasteiger partial charge < -0.3 is 44.4 Å². The number of ether oxygens (including phenoxy) is 2. The molecule has 0 amide bonds. The highest BCUT2D eigenvalue weighted by Gasteiger charge is 2.51. The highest BCUT2D eigenvalue weighted by atomic mass is 28.5. The van der Waals surface area contributed by atoms with Crippen LogP contribution < -0.4 is 0 Å². The molecule has 0 atom stereocenters. The summed E-state index contributed by atoms with van der Waals surface area (Å²) < 4.78 is 52.8. The molecular weight excluding hydrogens is 733 g/mol. The fourth-order valence-electron chi connectivity index (χ4n) is 4.86. The molecule has 0 rings (SSSR count). The van der Waals surface area contributed by atoms with Gasteiger partial charge >= 0.3 is 17.6 Å². The van der Waals surface area contributed by atoms with E-state index in [2.05, 4.69) is 118 Å². The Balaban J connectivity index is 5.45. The number of rotatable bonds is 26. The molecule has 0 saturated heterocycles. The molecule has 0 aromatic carbocycles. The van der Waals surface area contributed by atoms with Gasteiger partial charge in [-0.2, -0.15) is 0 Å². The van der Waals surface area contributed by atoms with E-state index in [0.29, 0.717) is 38.1 Å². The summed E-state index contributed by atoms with van der Waals surface area (Å²) in [6, 6.07) is 1.36. The maximum Gasteiger partial charge on any atom is 0.469 e. The van der Waals surface area contributed by atoms with E-state index in [4.69, 9.17) is 34.2 Å². The third kappa shape index (κ3) is 24.3. The third-order valence-electron chi connectivity index (χ3n) is 5.80. The molecule has 0 aliphatic rings. The van der Waals surface area contributed by atoms with Crippen molar-refractivity contribution in [2.45, 2.75) is 143 Å². The van der Waals surface area contributed by atoms with Crippen molar-refractivity contribution in [2.75, 3.05) is 39.6 Å². The number of aliphatic hydroxyl groups is 2. The van der Waals surface area contributed by atoms with Crippen molar-refractivity contribution in [3.8, 4) is 0 Å². The van der Waals surface area contributed by atoms with E-state index in [1.165, 1.54) is 0 Å². The quantitative estimate of drug-likeness (QED) is 0.0665. The number of hydrogen-bond acceptors (Lipinski definition) is 10. The van der Waals surface area contributed by atoms with Crippen LogP contribution in [0.4, 0.5) is 0 Å². The number of aliphatic hydroxyl groups excluding tert-OH is 2. The van der Waals surface area contributed by atoms with E-state index in [0.717, 1.165) is 0 Å². The molecule has 0 aromatic rings. The Morgan fingerprint density at radius 1 is 0.383 bits per heavy atom. The first kappa shape index (κ1) is 48.3. The van der Waals surface area contributed by atoms with E-state index in [-0.39, 0.29) is 26.4 Å². The lowest BCUT2D eigenvalue weighted by Crippen LogP contribution is -2.60. The molecule has 0 aliphatic carbocycles. The smallest absolute Gasteiger partial charge is 0.417 e. The Kier molecular flexibility index (Phi) is 19.4. The second kappa shape index (κ2) is 18.9. The summed E-state index contributed by atoms with van der Waals surface area (Å²) in [7, 11) is -17.6. The van der Waals surface area contributed by atoms with Gasteiger partial charge in [0.1, 0.15) is 0 Å². The zero-order valence-electron chi connectivity index (χ0n) is 33.7. The number of hydrogen-bond donors (Lipinski definition) is 2. The fraction of sp³-hybridized carbons (Fsp3) is 1.00. The predicted molar refractivity (Wildman–Crippen MR) is 215 cm³/mol. The fourth-order valence-corrected chi connectivity index (χ4v) is 34.1. The lowest BCUT2D eigenvalue weighted by Gasteiger charge is -2.43. The Labute approximate surface area is 298 Å². The van der Waals surface area contributed by atoms with E-state index < -0.39 is 72.9 Å². The van der Waals surface area contributed by atoms with Crippen molar-refractivity contribution in [3.05, 3.63) is 0 Å². The lowest BCUT2D eigenvalue weighted by atomic mass is 9.92. The first-order valence-corrected chi connectivity index (χ1v) is 41.7. The maximum absolute atomic E-state index is 10.3. The van der Waals surface area contributed by atoms with Gasteiger partial charge in [0, 0.05) is 25.3 Å². The van der Waals surface area contributed by atoms with Crippen LogP contribution in [-0.2, 0) is 34.2 Å². The Hall–Kier alpha value is 1.34. The highest BCUT2D eigenvalue weighted by molar-refractivity contribution is 6.91. The van der Waals surface area contributed by atoms with Gasteiger partial charge in [0.05, 0.1) is 31.8 Å². The first-order chi connectivity index (χ1) is 20.8. The summed E-state index contributed by atoms with van der Waals surface area (Å²) in [5.74, 6) is 0. The molecule has 0 heterocycles. The Morgan fingerprint density at radius 3 is 0.766 bits per heavy atom. The standard InChI is InChI=1S/C29H76O10Si8/c1-40(2,3)34-46(35-41(4,5)6,36-42(7,8)9)23-19-21-32-27-29(25-30,26-31)28-33-22-20-24-47(37-43(10,11)12,38-44(13,14)15)39-45(16,17)18/h30-31H,19-28H2,1-18H3. The summed E-state index contributed by atoms with van der Waals surface area (Å²) in [6.07, 6.45) is 1.41. The zero-order chi connectivity index (χ0) is 37.2. The van der Waals surface area contributed by atoms with Crippen LogP contribution >= 0.6 is 0 Å². The van der Waals surface area contributed by atoms with Crippen molar-refractivity contribution in [1.82, 2.24) is 0 Å². The van der Waals surface area contributed by atoms with Crippen molar-refractivity contribution in [3.63, 3.8) is 0 Å². The largest absolute Gasteiger partial charge is 0.469 e. The summed E-state index contributed by atoms with van der Waals surface area (Å²) in [5.41, 5.74) is -0.903. The normalized spacial score (nSPS) is 15.1. The van der Waals surface area contributed by atoms with Crippen LogP contribution in [-0.4, -0.2) is 117 Å². The van der Waals surface area contributed by atoms with Gasteiger partial charge in [-0.1, -0.05) is 0 Å². The molecule has 0 aliphatic heterocycles. The van der Waals surface area contributed by atoms with Crippen LogP contribution in [0.5, 0.6) is 0 Å². The topological polar surface area (TPSA) is 114 Å². The van der Waals surface area contributed by atoms with Crippen LogP contribution in [0.1, 0.15) is 12.8 Å². The molecular formula is C29H76O10Si8. The minimum absolute atomic E-state index is 0.183. The molecule has 18 heteroatoms. The van der Waals surface area contributed by atoms with Crippen LogP contribution in [0.3, 0.4) is 0 Å². The Bertz CT molecular complexity index is 735. The third-order valence-corrected chi connectivity index (χ3v) is 29.9. The summed E-state index contributed by atoms with van der Waals surface area (Å²) >= 11 is 0. The molecule has 47 heavy (non-hydrogen) atoms. The van der Waals surface area contributed by atoms with Gasteiger partial charge in [-0.25, -0.2) is 0 Å². The molecule has 0 fully saturated rings. The molecule has 0 radical (unpaired) electrons. The van der Waals surface area contributed by atoms with Gasteiger partial charge in [-0.15, -0.1) is 0 Å². The molecule has 0 saturated carbocycles. The molecule has 284 valence electrons. The molecule has 2 N–H and O–H groups in total. The molecule has 0 aromatic heterocycles. The average Bonchev–Trinajstić information content (AvgIpc) is 2.75. The van der Waals surface area contributed by atoms with E-state index in [1.54, 1.807) is 0 Å². The minimum Gasteiger partial charge on any atom is -0.417 e. The van der Waals surface area contributed by atoms with Crippen LogP contribution in [0.25, 0.3) is 0 Å². The van der Waals surface area contributed by atoms with Crippen molar-refractivity contribution in [1.29, 1.82) is 0 Å². The SMILES string of the molecule is C[Si](C)(C)O[Si](CCCOCC(CO)(CO)COCCC[Si](O[Si](C)(C)C)(O[Si](C)(C)C)O[Si](C)(C)C)(O[Si](C)(C)C)O[Si](C)(C)C. The monoisotopic (exact) mass is 808 g/mol. The van der Waals surface area contributed by atoms with Gasteiger partial charge in [0.2, 0.25) is 0 Å². The van der Waals surface area contributed by atoms with E-state index in [9.17, 15) is 10.2 Å². The summed E-state index contributed by atoms with van der Waals surface area (Å²) in [6.45, 7) is 40.1. The van der Waals surface area contributed by atoms with Crippen molar-refractivity contribution in [2.24, 2.45) is 5.41 Å². The zero-order valence-corrected chi connectivity index (χ0v) is 41.7. The minimum atomic E-state index is -2.94. The predicted octanol–water partition coefficient (Wildman–Crippen LogP) is 7.76. The molecule has 0 unspecified atom stereocenters. The van der Waals surface area contributed by atoms with Gasteiger partial charge in [-0.3, -0.25) is 0 Å². The summed E-state index contributed by atoms with van der Waals surface area (Å²) in [4.78, 5) is 0. The lowest BCUT2D eigenvalue weighted by molar-refractivity contribution is -0.0770. The van der Waals surface area contributed by atoms with E-state index in [1.807, 2.05) is 0 Å². The van der Waals surface area contributed by atoms with Gasteiger partial charge in [0.25, 0.3) is 0 Å². The van der Waals surface area contributed by atoms with Gasteiger partial charge in [0.15, 0.2) is 49.9 Å². The van der Waals surface area contributed by atoms with Crippen molar-refractivity contribution < 1.29 is 44.4 Å². The molecule has 10 nitrogen and oxygen atoms in total. The second-order valence-corrected chi connectivity index (χ2v) is 52.8. The Morgan fingerprint density at radius 2 is 0.596 bits per heavy atom. The summed E-state index contributed by atoms with van der Waals surface area (Å²) in [5, 5.41) is 20.6. The van der Waals surface area contributed by atoms with Crippen LogP contribution in [0, 0.1) is 5.41 Å². The van der Waals surface area contributed by atoms with Crippen molar-refractivity contribution >= 4 is 67.5 Å². The molecule has 0 spiro atoms.